The molecule has 3 nitrogen and oxygen atoms in total. The standard InChI is InChI=1S/C8H15NO2/c1-5(4-6(2)10)8(9)7(3)11/h5,8H,4,9H2,1-3H3. The summed E-state index contributed by atoms with van der Waals surface area (Å²) in [6, 6.07) is -0.487. The quantitative estimate of drug-likeness (QED) is 0.647. The minimum Gasteiger partial charge on any atom is -0.321 e. The molecule has 0 aromatic rings. The Labute approximate surface area is 67.0 Å². The molecular weight excluding hydrogens is 142 g/mol. The molecule has 0 aromatic heterocycles. The largest absolute Gasteiger partial charge is 0.321 e. The maximum atomic E-state index is 10.7. The number of carbonyl (C=O) groups is 2. The number of hydrogen-bond donors (Lipinski definition) is 1. The zero-order chi connectivity index (χ0) is 9.02. The minimum atomic E-state index is -0.487. The van der Waals surface area contributed by atoms with Gasteiger partial charge in [-0.15, -0.1) is 0 Å². The van der Waals surface area contributed by atoms with Crippen molar-refractivity contribution in [2.75, 3.05) is 0 Å². The fraction of sp³-hybridized carbons (Fsp3) is 0.750. The Bertz CT molecular complexity index is 165. The third-order valence-corrected chi connectivity index (χ3v) is 1.69. The molecule has 2 atom stereocenters. The van der Waals surface area contributed by atoms with Crippen LogP contribution in [0.5, 0.6) is 0 Å². The van der Waals surface area contributed by atoms with Crippen LogP contribution in [0.1, 0.15) is 27.2 Å². The van der Waals surface area contributed by atoms with Gasteiger partial charge in [-0.1, -0.05) is 6.92 Å². The molecule has 0 bridgehead atoms. The van der Waals surface area contributed by atoms with Crippen LogP contribution >= 0.6 is 0 Å². The lowest BCUT2D eigenvalue weighted by Crippen LogP contribution is -2.35. The van der Waals surface area contributed by atoms with Crippen molar-refractivity contribution in [1.29, 1.82) is 0 Å². The molecular formula is C8H15NO2. The summed E-state index contributed by atoms with van der Waals surface area (Å²) in [7, 11) is 0. The Morgan fingerprint density at radius 3 is 2.09 bits per heavy atom. The summed E-state index contributed by atoms with van der Waals surface area (Å²) in [5.41, 5.74) is 5.51. The number of Topliss-reactive ketones (excluding diaryl/α,β-unsaturated/α-hetero) is 2. The topological polar surface area (TPSA) is 60.2 Å². The summed E-state index contributed by atoms with van der Waals surface area (Å²) in [5.74, 6) is -0.0158. The van der Waals surface area contributed by atoms with E-state index in [-0.39, 0.29) is 17.5 Å². The second-order valence-electron chi connectivity index (χ2n) is 3.02. The lowest BCUT2D eigenvalue weighted by Gasteiger charge is -2.14. The van der Waals surface area contributed by atoms with E-state index in [1.807, 2.05) is 6.92 Å². The monoisotopic (exact) mass is 157 g/mol. The van der Waals surface area contributed by atoms with E-state index in [9.17, 15) is 9.59 Å². The summed E-state index contributed by atoms with van der Waals surface area (Å²) in [4.78, 5) is 21.3. The highest BCUT2D eigenvalue weighted by Crippen LogP contribution is 2.07. The van der Waals surface area contributed by atoms with Crippen molar-refractivity contribution in [3.63, 3.8) is 0 Å². The van der Waals surface area contributed by atoms with Gasteiger partial charge in [-0.05, 0) is 19.8 Å². The van der Waals surface area contributed by atoms with Gasteiger partial charge in [0.05, 0.1) is 6.04 Å². The summed E-state index contributed by atoms with van der Waals surface area (Å²) in [6.45, 7) is 4.76. The Balaban J connectivity index is 3.92. The number of ketones is 2. The Morgan fingerprint density at radius 1 is 1.36 bits per heavy atom. The van der Waals surface area contributed by atoms with Crippen molar-refractivity contribution in [2.45, 2.75) is 33.2 Å². The average molecular weight is 157 g/mol. The molecule has 0 aliphatic carbocycles. The van der Waals surface area contributed by atoms with Crippen LogP contribution in [0.25, 0.3) is 0 Å². The summed E-state index contributed by atoms with van der Waals surface area (Å²) in [6.07, 6.45) is 0.390. The molecule has 0 spiro atoms. The molecule has 0 heterocycles. The first-order valence-corrected chi connectivity index (χ1v) is 3.70. The lowest BCUT2D eigenvalue weighted by molar-refractivity contribution is -0.120. The Kier molecular flexibility index (Phi) is 3.97. The number of rotatable bonds is 4. The highest BCUT2D eigenvalue weighted by molar-refractivity contribution is 5.83. The third-order valence-electron chi connectivity index (χ3n) is 1.69. The second-order valence-corrected chi connectivity index (χ2v) is 3.02. The highest BCUT2D eigenvalue weighted by Gasteiger charge is 2.17. The molecule has 2 unspecified atom stereocenters. The van der Waals surface area contributed by atoms with Crippen molar-refractivity contribution < 1.29 is 9.59 Å². The van der Waals surface area contributed by atoms with Crippen LogP contribution in [0, 0.1) is 5.92 Å². The fourth-order valence-electron chi connectivity index (χ4n) is 0.981. The van der Waals surface area contributed by atoms with E-state index < -0.39 is 6.04 Å². The van der Waals surface area contributed by atoms with Crippen molar-refractivity contribution in [2.24, 2.45) is 11.7 Å². The molecule has 64 valence electrons. The first-order valence-electron chi connectivity index (χ1n) is 3.70. The van der Waals surface area contributed by atoms with E-state index in [0.29, 0.717) is 6.42 Å². The maximum Gasteiger partial charge on any atom is 0.146 e. The van der Waals surface area contributed by atoms with E-state index in [1.54, 1.807) is 0 Å². The van der Waals surface area contributed by atoms with E-state index in [4.69, 9.17) is 5.73 Å². The van der Waals surface area contributed by atoms with Gasteiger partial charge in [-0.3, -0.25) is 4.79 Å². The Hall–Kier alpha value is -0.700. The van der Waals surface area contributed by atoms with E-state index in [0.717, 1.165) is 0 Å². The number of carbonyl (C=O) groups excluding carboxylic acids is 2. The molecule has 3 heteroatoms. The van der Waals surface area contributed by atoms with Gasteiger partial charge in [-0.25, -0.2) is 0 Å². The van der Waals surface area contributed by atoms with Gasteiger partial charge in [0.15, 0.2) is 0 Å². The maximum absolute atomic E-state index is 10.7. The van der Waals surface area contributed by atoms with Crippen LogP contribution in [0.3, 0.4) is 0 Å². The van der Waals surface area contributed by atoms with Crippen molar-refractivity contribution >= 4 is 11.6 Å². The molecule has 0 aliphatic rings. The minimum absolute atomic E-state index is 0.0370. The van der Waals surface area contributed by atoms with E-state index in [1.165, 1.54) is 13.8 Å². The van der Waals surface area contributed by atoms with Crippen LogP contribution in [-0.4, -0.2) is 17.6 Å². The van der Waals surface area contributed by atoms with Gasteiger partial charge < -0.3 is 10.5 Å². The molecule has 0 saturated heterocycles. The van der Waals surface area contributed by atoms with Crippen molar-refractivity contribution in [3.05, 3.63) is 0 Å². The van der Waals surface area contributed by atoms with Crippen LogP contribution in [0.4, 0.5) is 0 Å². The molecule has 0 rings (SSSR count). The molecule has 0 radical (unpaired) electrons. The van der Waals surface area contributed by atoms with Crippen LogP contribution in [0.2, 0.25) is 0 Å². The molecule has 0 aliphatic heterocycles. The van der Waals surface area contributed by atoms with Gasteiger partial charge >= 0.3 is 0 Å². The Morgan fingerprint density at radius 2 is 1.82 bits per heavy atom. The predicted molar refractivity (Wildman–Crippen MR) is 43.1 cm³/mol. The first kappa shape index (κ1) is 10.3. The fourth-order valence-corrected chi connectivity index (χ4v) is 0.981. The van der Waals surface area contributed by atoms with Gasteiger partial charge in [0.1, 0.15) is 11.6 Å². The zero-order valence-electron chi connectivity index (χ0n) is 7.26. The summed E-state index contributed by atoms with van der Waals surface area (Å²) >= 11 is 0. The van der Waals surface area contributed by atoms with Gasteiger partial charge in [0, 0.05) is 6.42 Å². The summed E-state index contributed by atoms with van der Waals surface area (Å²) in [5, 5.41) is 0. The van der Waals surface area contributed by atoms with Crippen LogP contribution in [-0.2, 0) is 9.59 Å². The SMILES string of the molecule is CC(=O)CC(C)C(N)C(C)=O. The van der Waals surface area contributed by atoms with Gasteiger partial charge in [0.25, 0.3) is 0 Å². The highest BCUT2D eigenvalue weighted by atomic mass is 16.1. The van der Waals surface area contributed by atoms with Gasteiger partial charge in [0.2, 0.25) is 0 Å². The number of hydrogen-bond acceptors (Lipinski definition) is 3. The predicted octanol–water partition coefficient (Wildman–Crippen LogP) is 0.518. The summed E-state index contributed by atoms with van der Waals surface area (Å²) < 4.78 is 0. The van der Waals surface area contributed by atoms with Crippen molar-refractivity contribution in [1.82, 2.24) is 0 Å². The van der Waals surface area contributed by atoms with E-state index in [2.05, 4.69) is 0 Å². The molecule has 0 fully saturated rings. The van der Waals surface area contributed by atoms with Crippen molar-refractivity contribution in [3.8, 4) is 0 Å². The smallest absolute Gasteiger partial charge is 0.146 e. The average Bonchev–Trinajstić information content (AvgIpc) is 1.84. The molecule has 0 saturated carbocycles. The molecule has 11 heavy (non-hydrogen) atoms. The third kappa shape index (κ3) is 3.88. The zero-order valence-corrected chi connectivity index (χ0v) is 7.26. The normalized spacial score (nSPS) is 15.6. The lowest BCUT2D eigenvalue weighted by atomic mass is 9.95. The van der Waals surface area contributed by atoms with Crippen LogP contribution < -0.4 is 5.73 Å². The molecule has 0 amide bonds. The van der Waals surface area contributed by atoms with Gasteiger partial charge in [-0.2, -0.15) is 0 Å². The van der Waals surface area contributed by atoms with Crippen LogP contribution in [0.15, 0.2) is 0 Å². The molecule has 0 aromatic carbocycles. The second kappa shape index (κ2) is 4.23. The first-order chi connectivity index (χ1) is 4.95. The van der Waals surface area contributed by atoms with E-state index >= 15 is 0 Å². The number of nitrogens with two attached hydrogens (primary N) is 1. The molecule has 2 N–H and O–H groups in total.